The number of hydrogen-bond acceptors (Lipinski definition) is 2. The summed E-state index contributed by atoms with van der Waals surface area (Å²) in [4.78, 5) is 0. The van der Waals surface area contributed by atoms with Crippen LogP contribution < -0.4 is 5.73 Å². The molecule has 5 heteroatoms. The number of benzene rings is 1. The van der Waals surface area contributed by atoms with Gasteiger partial charge >= 0.3 is 0 Å². The van der Waals surface area contributed by atoms with Crippen LogP contribution in [0.1, 0.15) is 23.9 Å². The van der Waals surface area contributed by atoms with Crippen LogP contribution in [0.2, 0.25) is 0 Å². The van der Waals surface area contributed by atoms with Crippen LogP contribution in [0.5, 0.6) is 0 Å². The highest BCUT2D eigenvalue weighted by Gasteiger charge is 2.18. The number of aromatic nitrogens is 2. The van der Waals surface area contributed by atoms with Crippen molar-refractivity contribution in [2.45, 2.75) is 33.2 Å². The van der Waals surface area contributed by atoms with Crippen LogP contribution in [0.25, 0.3) is 0 Å². The smallest absolute Gasteiger partial charge is 0.0738 e. The van der Waals surface area contributed by atoms with E-state index < -0.39 is 0 Å². The molecule has 0 aliphatic rings. The Morgan fingerprint density at radius 3 is 2.57 bits per heavy atom. The first-order valence-corrected chi connectivity index (χ1v) is 8.80. The fourth-order valence-corrected chi connectivity index (χ4v) is 3.44. The molecule has 2 N–H and O–H groups in total. The molecule has 1 atom stereocenters. The van der Waals surface area contributed by atoms with E-state index in [4.69, 9.17) is 5.73 Å². The van der Waals surface area contributed by atoms with E-state index in [1.54, 1.807) is 0 Å². The zero-order chi connectivity index (χ0) is 15.4. The van der Waals surface area contributed by atoms with Crippen molar-refractivity contribution in [1.29, 1.82) is 0 Å². The molecule has 1 aromatic carbocycles. The minimum absolute atomic E-state index is 0.404. The lowest BCUT2D eigenvalue weighted by atomic mass is 9.94. The zero-order valence-corrected chi connectivity index (χ0v) is 15.6. The molecular weight excluding hydrogens is 394 g/mol. The van der Waals surface area contributed by atoms with Gasteiger partial charge in [-0.2, -0.15) is 5.10 Å². The molecule has 0 saturated heterocycles. The molecule has 21 heavy (non-hydrogen) atoms. The van der Waals surface area contributed by atoms with E-state index in [1.165, 1.54) is 11.3 Å². The van der Waals surface area contributed by atoms with Crippen LogP contribution in [-0.2, 0) is 19.4 Å². The van der Waals surface area contributed by atoms with Gasteiger partial charge in [-0.1, -0.05) is 34.1 Å². The van der Waals surface area contributed by atoms with Gasteiger partial charge < -0.3 is 5.73 Å². The maximum absolute atomic E-state index is 6.01. The molecule has 0 aliphatic heterocycles. The molecule has 0 fully saturated rings. The van der Waals surface area contributed by atoms with Gasteiger partial charge in [-0.15, -0.1) is 0 Å². The normalized spacial score (nSPS) is 12.6. The largest absolute Gasteiger partial charge is 0.330 e. The molecule has 0 aliphatic carbocycles. The first-order valence-electron chi connectivity index (χ1n) is 7.22. The first kappa shape index (κ1) is 16.7. The molecule has 2 rings (SSSR count). The number of rotatable bonds is 6. The maximum atomic E-state index is 6.01. The average molecular weight is 415 g/mol. The molecule has 1 aromatic heterocycles. The Morgan fingerprint density at radius 2 is 1.95 bits per heavy atom. The Kier molecular flexibility index (Phi) is 6.02. The molecule has 1 heterocycles. The third-order valence-corrected chi connectivity index (χ3v) is 5.54. The number of halogens is 2. The summed E-state index contributed by atoms with van der Waals surface area (Å²) in [6.45, 7) is 5.70. The second-order valence-corrected chi connectivity index (χ2v) is 6.91. The molecule has 114 valence electrons. The number of hydrogen-bond donors (Lipinski definition) is 1. The van der Waals surface area contributed by atoms with Crippen molar-refractivity contribution in [2.75, 3.05) is 6.54 Å². The summed E-state index contributed by atoms with van der Waals surface area (Å²) in [6, 6.07) is 8.35. The summed E-state index contributed by atoms with van der Waals surface area (Å²) >= 11 is 7.28. The first-order chi connectivity index (χ1) is 10.1. The van der Waals surface area contributed by atoms with E-state index in [-0.39, 0.29) is 0 Å². The summed E-state index contributed by atoms with van der Waals surface area (Å²) < 4.78 is 4.35. The van der Waals surface area contributed by atoms with E-state index >= 15 is 0 Å². The highest BCUT2D eigenvalue weighted by atomic mass is 79.9. The SMILES string of the molecule is CCn1nc(C)c(Br)c1CC(CN)Cc1ccccc1Br. The minimum atomic E-state index is 0.404. The van der Waals surface area contributed by atoms with Crippen LogP contribution in [0.15, 0.2) is 33.2 Å². The van der Waals surface area contributed by atoms with Gasteiger partial charge in [0.15, 0.2) is 0 Å². The van der Waals surface area contributed by atoms with Crippen molar-refractivity contribution in [3.8, 4) is 0 Å². The number of nitrogens with two attached hydrogens (primary N) is 1. The second kappa shape index (κ2) is 7.56. The van der Waals surface area contributed by atoms with Crippen molar-refractivity contribution in [3.05, 3.63) is 50.2 Å². The van der Waals surface area contributed by atoms with Gasteiger partial charge in [0.25, 0.3) is 0 Å². The third kappa shape index (κ3) is 3.96. The minimum Gasteiger partial charge on any atom is -0.330 e. The monoisotopic (exact) mass is 413 g/mol. The fourth-order valence-electron chi connectivity index (χ4n) is 2.55. The van der Waals surface area contributed by atoms with E-state index in [0.29, 0.717) is 12.5 Å². The molecular formula is C16H21Br2N3. The Morgan fingerprint density at radius 1 is 1.24 bits per heavy atom. The van der Waals surface area contributed by atoms with Crippen LogP contribution in [0.3, 0.4) is 0 Å². The summed E-state index contributed by atoms with van der Waals surface area (Å²) in [6.07, 6.45) is 1.91. The summed E-state index contributed by atoms with van der Waals surface area (Å²) in [5.74, 6) is 0.404. The fraction of sp³-hybridized carbons (Fsp3) is 0.438. The topological polar surface area (TPSA) is 43.8 Å². The summed E-state index contributed by atoms with van der Waals surface area (Å²) in [5.41, 5.74) is 9.61. The average Bonchev–Trinajstić information content (AvgIpc) is 2.76. The van der Waals surface area contributed by atoms with Gasteiger partial charge in [0.05, 0.1) is 15.9 Å². The lowest BCUT2D eigenvalue weighted by Gasteiger charge is -2.17. The lowest BCUT2D eigenvalue weighted by Crippen LogP contribution is -2.21. The highest BCUT2D eigenvalue weighted by molar-refractivity contribution is 9.10. The van der Waals surface area contributed by atoms with E-state index in [9.17, 15) is 0 Å². The molecule has 1 unspecified atom stereocenters. The van der Waals surface area contributed by atoms with Gasteiger partial charge in [-0.25, -0.2) is 0 Å². The lowest BCUT2D eigenvalue weighted by molar-refractivity contribution is 0.497. The maximum Gasteiger partial charge on any atom is 0.0738 e. The van der Waals surface area contributed by atoms with E-state index in [1.807, 2.05) is 13.0 Å². The Labute approximate surface area is 143 Å². The van der Waals surface area contributed by atoms with Crippen molar-refractivity contribution in [3.63, 3.8) is 0 Å². The van der Waals surface area contributed by atoms with Gasteiger partial charge in [-0.05, 0) is 66.7 Å². The molecule has 0 bridgehead atoms. The van der Waals surface area contributed by atoms with Crippen LogP contribution in [0.4, 0.5) is 0 Å². The zero-order valence-electron chi connectivity index (χ0n) is 12.4. The molecule has 3 nitrogen and oxygen atoms in total. The second-order valence-electron chi connectivity index (χ2n) is 5.26. The van der Waals surface area contributed by atoms with Gasteiger partial charge in [0, 0.05) is 11.0 Å². The van der Waals surface area contributed by atoms with Gasteiger partial charge in [0.2, 0.25) is 0 Å². The number of aryl methyl sites for hydroxylation is 2. The van der Waals surface area contributed by atoms with Crippen molar-refractivity contribution >= 4 is 31.9 Å². The predicted molar refractivity (Wildman–Crippen MR) is 94.4 cm³/mol. The van der Waals surface area contributed by atoms with Gasteiger partial charge in [-0.3, -0.25) is 4.68 Å². The summed E-state index contributed by atoms with van der Waals surface area (Å²) in [7, 11) is 0. The van der Waals surface area contributed by atoms with Crippen LogP contribution in [0, 0.1) is 12.8 Å². The van der Waals surface area contributed by atoms with Crippen molar-refractivity contribution in [1.82, 2.24) is 9.78 Å². The van der Waals surface area contributed by atoms with E-state index in [2.05, 4.69) is 66.8 Å². The van der Waals surface area contributed by atoms with Crippen LogP contribution in [-0.4, -0.2) is 16.3 Å². The van der Waals surface area contributed by atoms with E-state index in [0.717, 1.165) is 34.0 Å². The quantitative estimate of drug-likeness (QED) is 0.773. The Balaban J connectivity index is 2.18. The Hall–Kier alpha value is -0.650. The standard InChI is InChI=1S/C16H21Br2N3/c1-3-21-15(16(18)11(2)20-21)9-12(10-19)8-13-6-4-5-7-14(13)17/h4-7,12H,3,8-10,19H2,1-2H3. The molecule has 0 radical (unpaired) electrons. The molecule has 0 spiro atoms. The third-order valence-electron chi connectivity index (χ3n) is 3.73. The molecule has 0 saturated carbocycles. The molecule has 2 aromatic rings. The number of nitrogens with zero attached hydrogens (tertiary/aromatic N) is 2. The van der Waals surface area contributed by atoms with Crippen LogP contribution >= 0.6 is 31.9 Å². The highest BCUT2D eigenvalue weighted by Crippen LogP contribution is 2.26. The van der Waals surface area contributed by atoms with Crippen molar-refractivity contribution in [2.24, 2.45) is 11.7 Å². The molecule has 0 amide bonds. The predicted octanol–water partition coefficient (Wildman–Crippen LogP) is 4.10. The van der Waals surface area contributed by atoms with Crippen molar-refractivity contribution < 1.29 is 0 Å². The Bertz CT molecular complexity index is 608. The van der Waals surface area contributed by atoms with Gasteiger partial charge in [0.1, 0.15) is 0 Å². The summed E-state index contributed by atoms with van der Waals surface area (Å²) in [5, 5.41) is 4.56.